The average Bonchev–Trinajstić information content (AvgIpc) is 3.25. The number of hydrogen-bond acceptors (Lipinski definition) is 14. The van der Waals surface area contributed by atoms with Crippen LogP contribution in [-0.4, -0.2) is 75.9 Å². The molecule has 0 unspecified atom stereocenters. The first-order valence-electron chi connectivity index (χ1n) is 18.8. The summed E-state index contributed by atoms with van der Waals surface area (Å²) in [5.74, 6) is 0.400. The maximum Gasteiger partial charge on any atom is 0.343 e. The van der Waals surface area contributed by atoms with Gasteiger partial charge in [-0.25, -0.2) is 14.4 Å². The third kappa shape index (κ3) is 14.5. The van der Waals surface area contributed by atoms with Crippen molar-refractivity contribution in [2.75, 3.05) is 40.6 Å². The van der Waals surface area contributed by atoms with Gasteiger partial charge in [0.25, 0.3) is 0 Å². The van der Waals surface area contributed by atoms with Crippen molar-refractivity contribution in [1.82, 2.24) is 0 Å². The number of esters is 4. The first-order valence-corrected chi connectivity index (χ1v) is 18.8. The van der Waals surface area contributed by atoms with Crippen LogP contribution in [0, 0.1) is 0 Å². The van der Waals surface area contributed by atoms with Crippen molar-refractivity contribution in [1.29, 1.82) is 0 Å². The number of hydrogen-bond donors (Lipinski definition) is 0. The molecule has 0 saturated heterocycles. The maximum atomic E-state index is 12.9. The molecule has 0 radical (unpaired) electrons. The number of benzene rings is 4. The molecule has 0 bridgehead atoms. The van der Waals surface area contributed by atoms with Crippen molar-refractivity contribution in [2.24, 2.45) is 10.2 Å². The summed E-state index contributed by atoms with van der Waals surface area (Å²) in [6, 6.07) is 23.3. The lowest BCUT2D eigenvalue weighted by Crippen LogP contribution is -2.10. The van der Waals surface area contributed by atoms with Crippen LogP contribution in [0.4, 0.5) is 0 Å². The van der Waals surface area contributed by atoms with Gasteiger partial charge in [-0.3, -0.25) is 4.79 Å². The molecule has 0 fully saturated rings. The Hall–Kier alpha value is -6.96. The van der Waals surface area contributed by atoms with Gasteiger partial charge in [-0.05, 0) is 124 Å². The van der Waals surface area contributed by atoms with Gasteiger partial charge < -0.3 is 37.9 Å². The van der Waals surface area contributed by atoms with Crippen LogP contribution in [-0.2, 0) is 19.1 Å². The predicted molar refractivity (Wildman–Crippen MR) is 220 cm³/mol. The van der Waals surface area contributed by atoms with Crippen molar-refractivity contribution in [3.63, 3.8) is 0 Å². The Labute approximate surface area is 343 Å². The van der Waals surface area contributed by atoms with E-state index in [2.05, 4.69) is 16.8 Å². The minimum absolute atomic E-state index is 0.228. The smallest absolute Gasteiger partial charge is 0.343 e. The maximum absolute atomic E-state index is 12.9. The molecular weight excluding hydrogens is 760 g/mol. The number of carbonyl (C=O) groups is 4. The molecule has 14 nitrogen and oxygen atoms in total. The lowest BCUT2D eigenvalue weighted by molar-refractivity contribution is -0.141. The van der Waals surface area contributed by atoms with Crippen LogP contribution >= 0.6 is 0 Å². The molecule has 0 aliphatic rings. The molecule has 4 aromatic rings. The summed E-state index contributed by atoms with van der Waals surface area (Å²) in [6.07, 6.45) is 3.86. The van der Waals surface area contributed by atoms with Gasteiger partial charge >= 0.3 is 23.9 Å². The highest BCUT2D eigenvalue weighted by atomic mass is 16.6. The summed E-state index contributed by atoms with van der Waals surface area (Å²) < 4.78 is 43.6. The molecule has 59 heavy (non-hydrogen) atoms. The molecule has 0 amide bonds. The van der Waals surface area contributed by atoms with Gasteiger partial charge in [-0.15, -0.1) is 0 Å². The monoisotopic (exact) mass is 808 g/mol. The predicted octanol–water partition coefficient (Wildman–Crippen LogP) is 7.99. The Bertz CT molecular complexity index is 2130. The largest absolute Gasteiger partial charge is 0.494 e. The van der Waals surface area contributed by atoms with Crippen molar-refractivity contribution >= 4 is 35.3 Å². The second-order valence-electron chi connectivity index (χ2n) is 12.8. The van der Waals surface area contributed by atoms with E-state index >= 15 is 0 Å². The zero-order valence-electron chi connectivity index (χ0n) is 33.8. The van der Waals surface area contributed by atoms with Crippen molar-refractivity contribution in [2.45, 2.75) is 46.5 Å². The fourth-order valence-corrected chi connectivity index (χ4v) is 5.15. The highest BCUT2D eigenvalue weighted by molar-refractivity contribution is 6.02. The van der Waals surface area contributed by atoms with Gasteiger partial charge in [-0.1, -0.05) is 6.58 Å². The van der Waals surface area contributed by atoms with E-state index in [0.29, 0.717) is 109 Å². The first-order chi connectivity index (χ1) is 28.5. The Morgan fingerprint density at radius 1 is 0.525 bits per heavy atom. The summed E-state index contributed by atoms with van der Waals surface area (Å²) in [5.41, 5.74) is 3.18. The summed E-state index contributed by atoms with van der Waals surface area (Å²) in [4.78, 5) is 47.8. The van der Waals surface area contributed by atoms with Crippen LogP contribution in [0.25, 0.3) is 0 Å². The Kier molecular flexibility index (Phi) is 17.7. The van der Waals surface area contributed by atoms with E-state index in [0.717, 1.165) is 6.08 Å². The fraction of sp³-hybridized carbons (Fsp3) is 0.289. The normalized spacial score (nSPS) is 11.2. The van der Waals surface area contributed by atoms with Gasteiger partial charge in [0.2, 0.25) is 0 Å². The van der Waals surface area contributed by atoms with Gasteiger partial charge in [0.05, 0.1) is 63.2 Å². The molecule has 0 spiro atoms. The molecule has 4 aromatic carbocycles. The van der Waals surface area contributed by atoms with Crippen LogP contribution in [0.15, 0.2) is 108 Å². The van der Waals surface area contributed by atoms with Crippen LogP contribution in [0.5, 0.6) is 34.5 Å². The third-order valence-corrected chi connectivity index (χ3v) is 8.43. The van der Waals surface area contributed by atoms with E-state index < -0.39 is 17.9 Å². The Balaban J connectivity index is 1.31. The van der Waals surface area contributed by atoms with E-state index in [4.69, 9.17) is 37.9 Å². The molecule has 4 rings (SSSR count). The minimum atomic E-state index is -0.574. The summed E-state index contributed by atoms with van der Waals surface area (Å²) in [7, 11) is 2.95. The molecule has 0 atom stereocenters. The lowest BCUT2D eigenvalue weighted by Gasteiger charge is -2.12. The van der Waals surface area contributed by atoms with Crippen LogP contribution in [0.3, 0.4) is 0 Å². The second kappa shape index (κ2) is 23.3. The summed E-state index contributed by atoms with van der Waals surface area (Å²) in [6.45, 7) is 9.81. The topological polar surface area (TPSA) is 167 Å². The average molecular weight is 809 g/mol. The Morgan fingerprint density at radius 2 is 0.915 bits per heavy atom. The highest BCUT2D eigenvalue weighted by Crippen LogP contribution is 2.31. The zero-order chi connectivity index (χ0) is 42.6. The van der Waals surface area contributed by atoms with E-state index in [1.165, 1.54) is 21.1 Å². The van der Waals surface area contributed by atoms with Crippen molar-refractivity contribution < 1.29 is 57.1 Å². The molecule has 0 heterocycles. The van der Waals surface area contributed by atoms with E-state index in [1.807, 2.05) is 0 Å². The molecule has 0 aromatic heterocycles. The molecule has 0 aliphatic carbocycles. The van der Waals surface area contributed by atoms with E-state index in [1.54, 1.807) is 98.8 Å². The first kappa shape index (κ1) is 44.8. The molecule has 0 saturated carbocycles. The minimum Gasteiger partial charge on any atom is -0.494 e. The van der Waals surface area contributed by atoms with Gasteiger partial charge in [0.1, 0.15) is 11.5 Å². The highest BCUT2D eigenvalue weighted by Gasteiger charge is 2.16. The van der Waals surface area contributed by atoms with E-state index in [9.17, 15) is 19.2 Å². The quantitative estimate of drug-likeness (QED) is 0.0188. The Morgan fingerprint density at radius 3 is 1.31 bits per heavy atom. The molecule has 14 heteroatoms. The number of unbranched alkanes of at least 4 members (excludes halogenated alkanes) is 2. The molecular formula is C45H48N2O12. The zero-order valence-corrected chi connectivity index (χ0v) is 33.8. The second-order valence-corrected chi connectivity index (χ2v) is 12.8. The van der Waals surface area contributed by atoms with Crippen LogP contribution in [0.2, 0.25) is 0 Å². The van der Waals surface area contributed by atoms with Gasteiger partial charge in [-0.2, -0.15) is 10.2 Å². The number of nitrogens with zero attached hydrogens (tertiary/aromatic N) is 2. The molecule has 310 valence electrons. The van der Waals surface area contributed by atoms with Gasteiger partial charge in [0, 0.05) is 24.1 Å². The lowest BCUT2D eigenvalue weighted by atomic mass is 10.1. The SMILES string of the molecule is C=CC(=O)OCCCCOc1ccc(C(=O)Oc2ccc(C(C)=NN=C(C)c3ccc(OC(=O)c4ccc(OCCCCOC(C)=O)cc4)c(OC)c3)cc2OC)cc1. The standard InChI is InChI=1S/C45H48N2O12/c1-7-43(49)57-27-11-10-26-56-38-20-14-34(15-21-38)45(51)59-40-23-17-36(29-42(40)53-6)31(3)47-46-30(2)35-16-22-39(41(28-35)52-5)58-44(50)33-12-18-37(19-13-33)55-25-9-8-24-54-32(4)48/h7,12-23,28-29H,1,8-11,24-27H2,2-6H3. The number of rotatable bonds is 22. The summed E-state index contributed by atoms with van der Waals surface area (Å²) in [5, 5.41) is 8.80. The number of carbonyl (C=O) groups excluding carboxylic acids is 4. The van der Waals surface area contributed by atoms with E-state index in [-0.39, 0.29) is 17.5 Å². The van der Waals surface area contributed by atoms with Crippen LogP contribution in [0.1, 0.15) is 78.3 Å². The number of methoxy groups -OCH3 is 2. The molecule has 0 aliphatic heterocycles. The van der Waals surface area contributed by atoms with Crippen molar-refractivity contribution in [3.8, 4) is 34.5 Å². The molecule has 0 N–H and O–H groups in total. The third-order valence-electron chi connectivity index (χ3n) is 8.43. The van der Waals surface area contributed by atoms with Crippen LogP contribution < -0.4 is 28.4 Å². The summed E-state index contributed by atoms with van der Waals surface area (Å²) >= 11 is 0. The van der Waals surface area contributed by atoms with Gasteiger partial charge in [0.15, 0.2) is 23.0 Å². The van der Waals surface area contributed by atoms with Crippen molar-refractivity contribution in [3.05, 3.63) is 120 Å². The fourth-order valence-electron chi connectivity index (χ4n) is 5.15. The number of ether oxygens (including phenoxy) is 8.